The van der Waals surface area contributed by atoms with Crippen LogP contribution in [0, 0.1) is 0 Å². The molecule has 0 aromatic carbocycles. The van der Waals surface area contributed by atoms with Crippen LogP contribution in [-0.4, -0.2) is 48.0 Å². The van der Waals surface area contributed by atoms with Gasteiger partial charge in [0, 0.05) is 13.1 Å². The molecule has 0 radical (unpaired) electrons. The summed E-state index contributed by atoms with van der Waals surface area (Å²) in [5.74, 6) is 1.37. The van der Waals surface area contributed by atoms with Gasteiger partial charge in [-0.15, -0.1) is 11.6 Å². The fourth-order valence-corrected chi connectivity index (χ4v) is 1.27. The number of hydrogen-bond donors (Lipinski definition) is 1. The number of hydrogen-bond acceptors (Lipinski definition) is 3. The van der Waals surface area contributed by atoms with Gasteiger partial charge in [-0.2, -0.15) is 0 Å². The van der Waals surface area contributed by atoms with Crippen molar-refractivity contribution in [3.63, 3.8) is 0 Å². The van der Waals surface area contributed by atoms with E-state index in [1.54, 1.807) is 0 Å². The Kier molecular flexibility index (Phi) is 2.96. The number of nitrogens with zero attached hydrogens (tertiary/aromatic N) is 2. The molecule has 1 aliphatic heterocycles. The SMILES string of the molecule is OCCN1CCN=C1CCl. The number of aliphatic imine (C=N–C) groups is 1. The number of β-amino-alcohol motifs (C(OH)–C–C–N with tert-alkyl or cyclic N) is 1. The highest BCUT2D eigenvalue weighted by Crippen LogP contribution is 2.01. The number of amidine groups is 1. The molecular weight excluding hydrogens is 152 g/mol. The van der Waals surface area contributed by atoms with E-state index >= 15 is 0 Å². The van der Waals surface area contributed by atoms with Gasteiger partial charge in [0.1, 0.15) is 5.84 Å². The molecule has 0 atom stereocenters. The molecule has 0 saturated heterocycles. The van der Waals surface area contributed by atoms with E-state index in [-0.39, 0.29) is 6.61 Å². The lowest BCUT2D eigenvalue weighted by Crippen LogP contribution is -2.31. The fraction of sp³-hybridized carbons (Fsp3) is 0.833. The average molecular weight is 163 g/mol. The van der Waals surface area contributed by atoms with Crippen molar-refractivity contribution in [3.05, 3.63) is 0 Å². The fourth-order valence-electron chi connectivity index (χ4n) is 1.02. The summed E-state index contributed by atoms with van der Waals surface area (Å²) in [6, 6.07) is 0. The van der Waals surface area contributed by atoms with Crippen LogP contribution in [0.4, 0.5) is 0 Å². The lowest BCUT2D eigenvalue weighted by Gasteiger charge is -2.16. The molecule has 0 aromatic rings. The first-order valence-corrected chi connectivity index (χ1v) is 3.87. The van der Waals surface area contributed by atoms with Crippen LogP contribution in [-0.2, 0) is 0 Å². The van der Waals surface area contributed by atoms with Crippen LogP contribution in [0.2, 0.25) is 0 Å². The zero-order valence-corrected chi connectivity index (χ0v) is 6.51. The third-order valence-electron chi connectivity index (χ3n) is 1.52. The molecule has 0 fully saturated rings. The molecule has 0 unspecified atom stereocenters. The topological polar surface area (TPSA) is 35.8 Å². The first-order chi connectivity index (χ1) is 4.88. The van der Waals surface area contributed by atoms with Crippen LogP contribution >= 0.6 is 11.6 Å². The molecule has 1 heterocycles. The lowest BCUT2D eigenvalue weighted by atomic mass is 10.5. The third-order valence-corrected chi connectivity index (χ3v) is 1.76. The molecule has 0 aromatic heterocycles. The minimum atomic E-state index is 0.176. The Hall–Kier alpha value is -0.280. The van der Waals surface area contributed by atoms with Crippen molar-refractivity contribution < 1.29 is 5.11 Å². The van der Waals surface area contributed by atoms with Crippen molar-refractivity contribution >= 4 is 17.4 Å². The molecule has 0 spiro atoms. The molecule has 10 heavy (non-hydrogen) atoms. The summed E-state index contributed by atoms with van der Waals surface area (Å²) in [6.07, 6.45) is 0. The molecule has 0 amide bonds. The van der Waals surface area contributed by atoms with E-state index in [9.17, 15) is 0 Å². The Bertz CT molecular complexity index is 138. The van der Waals surface area contributed by atoms with Gasteiger partial charge in [-0.1, -0.05) is 0 Å². The molecule has 58 valence electrons. The van der Waals surface area contributed by atoms with Gasteiger partial charge in [0.15, 0.2) is 0 Å². The number of alkyl halides is 1. The van der Waals surface area contributed by atoms with Gasteiger partial charge in [-0.25, -0.2) is 0 Å². The van der Waals surface area contributed by atoms with E-state index in [1.165, 1.54) is 0 Å². The molecule has 1 N–H and O–H groups in total. The van der Waals surface area contributed by atoms with Gasteiger partial charge in [0.2, 0.25) is 0 Å². The van der Waals surface area contributed by atoms with Crippen LogP contribution in [0.5, 0.6) is 0 Å². The number of aliphatic hydroxyl groups excluding tert-OH is 1. The van der Waals surface area contributed by atoms with Gasteiger partial charge < -0.3 is 10.0 Å². The van der Waals surface area contributed by atoms with Gasteiger partial charge >= 0.3 is 0 Å². The van der Waals surface area contributed by atoms with E-state index in [0.29, 0.717) is 12.4 Å². The van der Waals surface area contributed by atoms with Crippen molar-refractivity contribution in [1.82, 2.24) is 4.90 Å². The maximum absolute atomic E-state index is 8.60. The van der Waals surface area contributed by atoms with Gasteiger partial charge in [-0.05, 0) is 0 Å². The smallest absolute Gasteiger partial charge is 0.114 e. The molecule has 1 aliphatic rings. The first kappa shape index (κ1) is 7.82. The highest BCUT2D eigenvalue weighted by molar-refractivity contribution is 6.28. The Morgan fingerprint density at radius 2 is 2.50 bits per heavy atom. The van der Waals surface area contributed by atoms with E-state index in [1.807, 2.05) is 4.90 Å². The largest absolute Gasteiger partial charge is 0.395 e. The van der Waals surface area contributed by atoms with Gasteiger partial charge in [0.25, 0.3) is 0 Å². The molecular formula is C6H11ClN2O. The first-order valence-electron chi connectivity index (χ1n) is 3.33. The zero-order chi connectivity index (χ0) is 7.40. The summed E-state index contributed by atoms with van der Waals surface area (Å²) < 4.78 is 0. The molecule has 4 heteroatoms. The Labute approximate surface area is 65.3 Å². The summed E-state index contributed by atoms with van der Waals surface area (Å²) >= 11 is 5.58. The Morgan fingerprint density at radius 3 is 3.10 bits per heavy atom. The molecule has 1 rings (SSSR count). The summed E-state index contributed by atoms with van der Waals surface area (Å²) in [4.78, 5) is 6.16. The van der Waals surface area contributed by atoms with Crippen molar-refractivity contribution in [1.29, 1.82) is 0 Å². The Morgan fingerprint density at radius 1 is 1.70 bits per heavy atom. The summed E-state index contributed by atoms with van der Waals surface area (Å²) in [6.45, 7) is 2.56. The summed E-state index contributed by atoms with van der Waals surface area (Å²) in [5, 5.41) is 8.60. The lowest BCUT2D eigenvalue weighted by molar-refractivity contribution is 0.256. The number of halogens is 1. The second-order valence-electron chi connectivity index (χ2n) is 2.14. The van der Waals surface area contributed by atoms with Crippen LogP contribution in [0.1, 0.15) is 0 Å². The number of rotatable bonds is 3. The minimum Gasteiger partial charge on any atom is -0.395 e. The van der Waals surface area contributed by atoms with Crippen molar-refractivity contribution in [2.45, 2.75) is 0 Å². The predicted octanol–water partition coefficient (Wildman–Crippen LogP) is -0.0684. The number of aliphatic hydroxyl groups is 1. The normalized spacial score (nSPS) is 17.8. The highest BCUT2D eigenvalue weighted by atomic mass is 35.5. The average Bonchev–Trinajstić information content (AvgIpc) is 2.36. The van der Waals surface area contributed by atoms with Crippen molar-refractivity contribution in [3.8, 4) is 0 Å². The zero-order valence-electron chi connectivity index (χ0n) is 5.76. The van der Waals surface area contributed by atoms with E-state index < -0.39 is 0 Å². The summed E-state index contributed by atoms with van der Waals surface area (Å²) in [7, 11) is 0. The second-order valence-corrected chi connectivity index (χ2v) is 2.41. The maximum atomic E-state index is 8.60. The monoisotopic (exact) mass is 162 g/mol. The highest BCUT2D eigenvalue weighted by Gasteiger charge is 2.13. The van der Waals surface area contributed by atoms with Crippen LogP contribution in [0.3, 0.4) is 0 Å². The second kappa shape index (κ2) is 3.78. The van der Waals surface area contributed by atoms with E-state index in [4.69, 9.17) is 16.7 Å². The molecule has 3 nitrogen and oxygen atoms in total. The van der Waals surface area contributed by atoms with Crippen LogP contribution in [0.15, 0.2) is 4.99 Å². The van der Waals surface area contributed by atoms with E-state index in [0.717, 1.165) is 18.9 Å². The maximum Gasteiger partial charge on any atom is 0.114 e. The predicted molar refractivity (Wildman–Crippen MR) is 41.7 cm³/mol. The van der Waals surface area contributed by atoms with Crippen molar-refractivity contribution in [2.75, 3.05) is 32.1 Å². The van der Waals surface area contributed by atoms with Crippen molar-refractivity contribution in [2.24, 2.45) is 4.99 Å². The molecule has 0 saturated carbocycles. The summed E-state index contributed by atoms with van der Waals surface area (Å²) in [5.41, 5.74) is 0. The standard InChI is InChI=1S/C6H11ClN2O/c7-5-6-8-1-2-9(6)3-4-10/h10H,1-5H2. The molecule has 0 bridgehead atoms. The molecule has 0 aliphatic carbocycles. The van der Waals surface area contributed by atoms with Gasteiger partial charge in [0.05, 0.1) is 19.0 Å². The van der Waals surface area contributed by atoms with Crippen LogP contribution < -0.4 is 0 Å². The minimum absolute atomic E-state index is 0.176. The van der Waals surface area contributed by atoms with Gasteiger partial charge in [-0.3, -0.25) is 4.99 Å². The Balaban J connectivity index is 2.38. The van der Waals surface area contributed by atoms with E-state index in [2.05, 4.69) is 4.99 Å². The third kappa shape index (κ3) is 1.61. The quantitative estimate of drug-likeness (QED) is 0.590. The van der Waals surface area contributed by atoms with Crippen LogP contribution in [0.25, 0.3) is 0 Å².